The molecule has 1 aliphatic rings. The summed E-state index contributed by atoms with van der Waals surface area (Å²) in [5.74, 6) is -2.59. The molecule has 0 bridgehead atoms. The van der Waals surface area contributed by atoms with E-state index in [1.54, 1.807) is 4.90 Å². The van der Waals surface area contributed by atoms with Gasteiger partial charge in [0.1, 0.15) is 5.82 Å². The predicted molar refractivity (Wildman–Crippen MR) is 66.0 cm³/mol. The summed E-state index contributed by atoms with van der Waals surface area (Å²) in [5, 5.41) is 8.89. The van der Waals surface area contributed by atoms with Gasteiger partial charge in [-0.2, -0.15) is 13.2 Å². The van der Waals surface area contributed by atoms with E-state index < -0.39 is 18.1 Å². The second-order valence-electron chi connectivity index (χ2n) is 4.48. The van der Waals surface area contributed by atoms with Crippen LogP contribution in [0.2, 0.25) is 0 Å². The van der Waals surface area contributed by atoms with Crippen molar-refractivity contribution >= 4 is 17.7 Å². The minimum atomic E-state index is -4.87. The van der Waals surface area contributed by atoms with E-state index in [0.717, 1.165) is 4.90 Å². The van der Waals surface area contributed by atoms with Crippen LogP contribution >= 0.6 is 0 Å². The number of hydrogen-bond acceptors (Lipinski definition) is 4. The maximum atomic E-state index is 12.3. The molecule has 1 fully saturated rings. The first-order chi connectivity index (χ1) is 9.79. The number of piperazine rings is 1. The molecule has 1 saturated heterocycles. The zero-order chi connectivity index (χ0) is 15.6. The number of amides is 1. The lowest BCUT2D eigenvalue weighted by molar-refractivity contribution is -0.185. The van der Waals surface area contributed by atoms with Gasteiger partial charge in [-0.3, -0.25) is 4.79 Å². The molecule has 0 unspecified atom stereocenters. The van der Waals surface area contributed by atoms with Crippen LogP contribution < -0.4 is 4.90 Å². The zero-order valence-electron chi connectivity index (χ0n) is 10.8. The first-order valence-electron chi connectivity index (χ1n) is 6.09. The van der Waals surface area contributed by atoms with E-state index in [1.807, 2.05) is 0 Å². The molecule has 0 aromatic carbocycles. The highest BCUT2D eigenvalue weighted by atomic mass is 19.4. The summed E-state index contributed by atoms with van der Waals surface area (Å²) in [5.41, 5.74) is 0.0498. The van der Waals surface area contributed by atoms with Crippen LogP contribution in [0.3, 0.4) is 0 Å². The maximum absolute atomic E-state index is 12.3. The monoisotopic (exact) mass is 303 g/mol. The lowest BCUT2D eigenvalue weighted by Crippen LogP contribution is -2.52. The van der Waals surface area contributed by atoms with Crippen LogP contribution in [0.5, 0.6) is 0 Å². The Bertz CT molecular complexity index is 554. The van der Waals surface area contributed by atoms with Crippen LogP contribution in [0.1, 0.15) is 10.4 Å². The van der Waals surface area contributed by atoms with Crippen LogP contribution in [-0.4, -0.2) is 59.2 Å². The van der Waals surface area contributed by atoms with Gasteiger partial charge in [-0.05, 0) is 12.1 Å². The van der Waals surface area contributed by atoms with E-state index in [1.165, 1.54) is 18.3 Å². The van der Waals surface area contributed by atoms with Crippen molar-refractivity contribution < 1.29 is 27.9 Å². The normalized spacial score (nSPS) is 16.0. The van der Waals surface area contributed by atoms with Crippen molar-refractivity contribution in [1.82, 2.24) is 9.88 Å². The molecule has 1 aliphatic heterocycles. The highest BCUT2D eigenvalue weighted by Crippen LogP contribution is 2.21. The number of alkyl halides is 3. The molecule has 9 heteroatoms. The van der Waals surface area contributed by atoms with Gasteiger partial charge < -0.3 is 14.9 Å². The van der Waals surface area contributed by atoms with Crippen molar-refractivity contribution in [3.8, 4) is 0 Å². The molecule has 2 rings (SSSR count). The van der Waals surface area contributed by atoms with Crippen molar-refractivity contribution in [3.05, 3.63) is 23.9 Å². The fourth-order valence-electron chi connectivity index (χ4n) is 2.04. The second-order valence-corrected chi connectivity index (χ2v) is 4.48. The zero-order valence-corrected chi connectivity index (χ0v) is 10.8. The van der Waals surface area contributed by atoms with E-state index in [0.29, 0.717) is 5.82 Å². The standard InChI is InChI=1S/C12H12F3N3O3/c13-12(14,15)11(21)18-5-3-17(4-6-18)9-7-8(10(19)20)1-2-16-9/h1-2,7H,3-6H2,(H,19,20). The topological polar surface area (TPSA) is 73.7 Å². The van der Waals surface area contributed by atoms with Gasteiger partial charge in [0.2, 0.25) is 0 Å². The molecule has 1 N–H and O–H groups in total. The van der Waals surface area contributed by atoms with Gasteiger partial charge in [0.25, 0.3) is 0 Å². The first-order valence-corrected chi connectivity index (χ1v) is 6.09. The Kier molecular flexibility index (Phi) is 4.01. The van der Waals surface area contributed by atoms with E-state index in [2.05, 4.69) is 4.98 Å². The third-order valence-electron chi connectivity index (χ3n) is 3.13. The predicted octanol–water partition coefficient (Wildman–Crippen LogP) is 0.991. The first kappa shape index (κ1) is 15.1. The smallest absolute Gasteiger partial charge is 0.471 e. The lowest BCUT2D eigenvalue weighted by atomic mass is 10.2. The molecular weight excluding hydrogens is 291 g/mol. The SMILES string of the molecule is O=C(O)c1ccnc(N2CCN(C(=O)C(F)(F)F)CC2)c1. The molecular formula is C12H12F3N3O3. The van der Waals surface area contributed by atoms with Gasteiger partial charge in [0.05, 0.1) is 5.56 Å². The molecule has 21 heavy (non-hydrogen) atoms. The van der Waals surface area contributed by atoms with Crippen molar-refractivity contribution in [3.63, 3.8) is 0 Å². The highest BCUT2D eigenvalue weighted by molar-refractivity contribution is 5.88. The molecule has 1 aromatic heterocycles. The summed E-state index contributed by atoms with van der Waals surface area (Å²) in [7, 11) is 0. The van der Waals surface area contributed by atoms with Gasteiger partial charge >= 0.3 is 18.1 Å². The Hall–Kier alpha value is -2.32. The quantitative estimate of drug-likeness (QED) is 0.882. The second kappa shape index (κ2) is 5.58. The number of hydrogen-bond donors (Lipinski definition) is 1. The van der Waals surface area contributed by atoms with Crippen molar-refractivity contribution in [2.75, 3.05) is 31.1 Å². The minimum absolute atomic E-state index is 0.0498. The number of carbonyl (C=O) groups is 2. The van der Waals surface area contributed by atoms with E-state index in [-0.39, 0.29) is 31.7 Å². The number of nitrogens with zero attached hydrogens (tertiary/aromatic N) is 3. The average Bonchev–Trinajstić information content (AvgIpc) is 2.46. The molecule has 0 radical (unpaired) electrons. The molecule has 0 spiro atoms. The Morgan fingerprint density at radius 3 is 2.33 bits per heavy atom. The average molecular weight is 303 g/mol. The van der Waals surface area contributed by atoms with E-state index >= 15 is 0 Å². The summed E-state index contributed by atoms with van der Waals surface area (Å²) >= 11 is 0. The number of carbonyl (C=O) groups excluding carboxylic acids is 1. The van der Waals surface area contributed by atoms with Crippen LogP contribution in [-0.2, 0) is 4.79 Å². The minimum Gasteiger partial charge on any atom is -0.478 e. The van der Waals surface area contributed by atoms with Crippen LogP contribution in [0.4, 0.5) is 19.0 Å². The van der Waals surface area contributed by atoms with Crippen LogP contribution in [0, 0.1) is 0 Å². The third kappa shape index (κ3) is 3.41. The number of carboxylic acids is 1. The summed E-state index contributed by atoms with van der Waals surface area (Å²) < 4.78 is 36.9. The molecule has 1 aromatic rings. The van der Waals surface area contributed by atoms with Crippen LogP contribution in [0.25, 0.3) is 0 Å². The lowest BCUT2D eigenvalue weighted by Gasteiger charge is -2.35. The number of halogens is 3. The van der Waals surface area contributed by atoms with Crippen molar-refractivity contribution in [1.29, 1.82) is 0 Å². The van der Waals surface area contributed by atoms with Gasteiger partial charge in [0.15, 0.2) is 0 Å². The molecule has 0 aliphatic carbocycles. The van der Waals surface area contributed by atoms with Gasteiger partial charge in [-0.15, -0.1) is 0 Å². The summed E-state index contributed by atoms with van der Waals surface area (Å²) in [6, 6.07) is 2.68. The summed E-state index contributed by atoms with van der Waals surface area (Å²) in [4.78, 5) is 28.3. The Morgan fingerprint density at radius 2 is 1.81 bits per heavy atom. The number of pyridine rings is 1. The Morgan fingerprint density at radius 1 is 1.19 bits per heavy atom. The van der Waals surface area contributed by atoms with Crippen molar-refractivity contribution in [2.24, 2.45) is 0 Å². The number of aromatic carboxylic acids is 1. The van der Waals surface area contributed by atoms with Gasteiger partial charge in [-0.25, -0.2) is 9.78 Å². The molecule has 114 valence electrons. The maximum Gasteiger partial charge on any atom is 0.471 e. The number of anilines is 1. The van der Waals surface area contributed by atoms with E-state index in [4.69, 9.17) is 5.11 Å². The Labute approximate surface area is 117 Å². The molecule has 2 heterocycles. The third-order valence-corrected chi connectivity index (χ3v) is 3.13. The summed E-state index contributed by atoms with van der Waals surface area (Å²) in [6.07, 6.45) is -3.55. The fourth-order valence-corrected chi connectivity index (χ4v) is 2.04. The molecule has 1 amide bonds. The van der Waals surface area contributed by atoms with Crippen molar-refractivity contribution in [2.45, 2.75) is 6.18 Å². The summed E-state index contributed by atoms with van der Waals surface area (Å²) in [6.45, 7) is 0.157. The molecule has 0 saturated carbocycles. The van der Waals surface area contributed by atoms with Gasteiger partial charge in [-0.1, -0.05) is 0 Å². The highest BCUT2D eigenvalue weighted by Gasteiger charge is 2.43. The Balaban J connectivity index is 2.03. The van der Waals surface area contributed by atoms with E-state index in [9.17, 15) is 22.8 Å². The fraction of sp³-hybridized carbons (Fsp3) is 0.417. The molecule has 0 atom stereocenters. The van der Waals surface area contributed by atoms with Gasteiger partial charge in [0, 0.05) is 32.4 Å². The number of aromatic nitrogens is 1. The largest absolute Gasteiger partial charge is 0.478 e. The number of rotatable bonds is 2. The van der Waals surface area contributed by atoms with Crippen LogP contribution in [0.15, 0.2) is 18.3 Å². The number of carboxylic acid groups (broad SMARTS) is 1. The molecule has 6 nitrogen and oxygen atoms in total.